The first-order valence-electron chi connectivity index (χ1n) is 8.92. The highest BCUT2D eigenvalue weighted by molar-refractivity contribution is 5.96. The number of amides is 2. The number of hydrogen-bond acceptors (Lipinski definition) is 4. The summed E-state index contributed by atoms with van der Waals surface area (Å²) in [6.45, 7) is 2.85. The first kappa shape index (κ1) is 18.2. The molecule has 0 aliphatic carbocycles. The maximum Gasteiger partial charge on any atom is 0.257 e. The van der Waals surface area contributed by atoms with Crippen LogP contribution in [0.2, 0.25) is 0 Å². The number of furan rings is 1. The maximum absolute atomic E-state index is 12.8. The van der Waals surface area contributed by atoms with E-state index in [0.29, 0.717) is 11.3 Å². The van der Waals surface area contributed by atoms with E-state index in [-0.39, 0.29) is 18.4 Å². The van der Waals surface area contributed by atoms with Crippen molar-refractivity contribution in [3.05, 3.63) is 59.5 Å². The Labute approximate surface area is 153 Å². The highest BCUT2D eigenvalue weighted by Crippen LogP contribution is 2.21. The molecule has 6 nitrogen and oxygen atoms in total. The maximum atomic E-state index is 12.8. The van der Waals surface area contributed by atoms with Crippen LogP contribution in [0, 0.1) is 0 Å². The number of primary amides is 1. The van der Waals surface area contributed by atoms with Crippen molar-refractivity contribution in [2.24, 2.45) is 5.73 Å². The molecule has 1 aliphatic rings. The lowest BCUT2D eigenvalue weighted by molar-refractivity contribution is -0.117. The van der Waals surface area contributed by atoms with Gasteiger partial charge in [0.1, 0.15) is 5.76 Å². The monoisotopic (exact) mass is 355 g/mol. The Balaban J connectivity index is 1.56. The van der Waals surface area contributed by atoms with Gasteiger partial charge in [-0.2, -0.15) is 0 Å². The molecule has 1 aliphatic heterocycles. The van der Waals surface area contributed by atoms with Gasteiger partial charge >= 0.3 is 0 Å². The van der Waals surface area contributed by atoms with Gasteiger partial charge in [-0.15, -0.1) is 0 Å². The number of piperidine rings is 1. The average Bonchev–Trinajstić information content (AvgIpc) is 3.09. The van der Waals surface area contributed by atoms with Gasteiger partial charge in [-0.25, -0.2) is 0 Å². The Morgan fingerprint density at radius 2 is 1.88 bits per heavy atom. The number of hydrogen-bond donors (Lipinski definition) is 1. The fourth-order valence-corrected chi connectivity index (χ4v) is 3.49. The molecule has 2 heterocycles. The minimum Gasteiger partial charge on any atom is -0.468 e. The molecule has 6 heteroatoms. The lowest BCUT2D eigenvalue weighted by atomic mass is 10.0. The molecule has 26 heavy (non-hydrogen) atoms. The van der Waals surface area contributed by atoms with Crippen molar-refractivity contribution in [1.29, 1.82) is 0 Å². The van der Waals surface area contributed by atoms with Crippen LogP contribution < -0.4 is 5.73 Å². The molecular formula is C20H25N3O3. The quantitative estimate of drug-likeness (QED) is 0.860. The van der Waals surface area contributed by atoms with E-state index in [9.17, 15) is 9.59 Å². The summed E-state index contributed by atoms with van der Waals surface area (Å²) in [5, 5.41) is 0. The van der Waals surface area contributed by atoms with Crippen LogP contribution in [0.5, 0.6) is 0 Å². The van der Waals surface area contributed by atoms with Crippen LogP contribution in [0.1, 0.15) is 34.5 Å². The van der Waals surface area contributed by atoms with Crippen LogP contribution >= 0.6 is 0 Å². The van der Waals surface area contributed by atoms with E-state index in [1.54, 1.807) is 11.0 Å². The molecule has 2 amide bonds. The molecular weight excluding hydrogens is 330 g/mol. The first-order chi connectivity index (χ1) is 12.5. The number of carbonyl (C=O) groups is 2. The molecule has 2 aromatic rings. The Bertz CT molecular complexity index is 749. The predicted molar refractivity (Wildman–Crippen MR) is 98.4 cm³/mol. The first-order valence-corrected chi connectivity index (χ1v) is 8.92. The fraction of sp³-hybridized carbons (Fsp3) is 0.400. The fourth-order valence-electron chi connectivity index (χ4n) is 3.49. The van der Waals surface area contributed by atoms with Crippen molar-refractivity contribution in [3.8, 4) is 0 Å². The average molecular weight is 355 g/mol. The lowest BCUT2D eigenvalue weighted by Crippen LogP contribution is -2.45. The van der Waals surface area contributed by atoms with Gasteiger partial charge in [0.15, 0.2) is 0 Å². The zero-order chi connectivity index (χ0) is 18.5. The van der Waals surface area contributed by atoms with Gasteiger partial charge in [0, 0.05) is 32.7 Å². The molecule has 0 spiro atoms. The SMILES string of the molecule is CN(C(=O)c1ccoc1CC(N)=O)C1CCN(Cc2ccccc2)CC1. The number of rotatable bonds is 6. The molecule has 3 rings (SSSR count). The summed E-state index contributed by atoms with van der Waals surface area (Å²) in [6, 6.07) is 12.2. The van der Waals surface area contributed by atoms with E-state index in [1.807, 2.05) is 13.1 Å². The van der Waals surface area contributed by atoms with E-state index in [2.05, 4.69) is 29.2 Å². The molecule has 0 radical (unpaired) electrons. The molecule has 1 aromatic carbocycles. The van der Waals surface area contributed by atoms with Crippen molar-refractivity contribution in [3.63, 3.8) is 0 Å². The van der Waals surface area contributed by atoms with Crippen molar-refractivity contribution < 1.29 is 14.0 Å². The summed E-state index contributed by atoms with van der Waals surface area (Å²) in [7, 11) is 1.82. The summed E-state index contributed by atoms with van der Waals surface area (Å²) >= 11 is 0. The normalized spacial score (nSPS) is 15.7. The minimum absolute atomic E-state index is 0.0581. The number of nitrogens with zero attached hydrogens (tertiary/aromatic N) is 2. The standard InChI is InChI=1S/C20H25N3O3/c1-22(20(25)17-9-12-26-18(17)13-19(21)24)16-7-10-23(11-8-16)14-15-5-3-2-4-6-15/h2-6,9,12,16H,7-8,10-11,13-14H2,1H3,(H2,21,24). The van der Waals surface area contributed by atoms with E-state index in [1.165, 1.54) is 11.8 Å². The van der Waals surface area contributed by atoms with Gasteiger partial charge in [0.25, 0.3) is 5.91 Å². The summed E-state index contributed by atoms with van der Waals surface area (Å²) in [6.07, 6.45) is 3.23. The second-order valence-electron chi connectivity index (χ2n) is 6.81. The Morgan fingerprint density at radius 3 is 2.54 bits per heavy atom. The molecule has 0 unspecified atom stereocenters. The third kappa shape index (κ3) is 4.32. The molecule has 0 saturated carbocycles. The zero-order valence-corrected chi connectivity index (χ0v) is 15.1. The third-order valence-corrected chi connectivity index (χ3v) is 4.98. The lowest BCUT2D eigenvalue weighted by Gasteiger charge is -2.36. The third-order valence-electron chi connectivity index (χ3n) is 4.98. The predicted octanol–water partition coefficient (Wildman–Crippen LogP) is 2.04. The molecule has 1 fully saturated rings. The second-order valence-corrected chi connectivity index (χ2v) is 6.81. The Kier molecular flexibility index (Phi) is 5.73. The minimum atomic E-state index is -0.508. The van der Waals surface area contributed by atoms with Crippen molar-refractivity contribution in [1.82, 2.24) is 9.80 Å². The number of benzene rings is 1. The number of likely N-dealkylation sites (tertiary alicyclic amines) is 1. The van der Waals surface area contributed by atoms with Crippen LogP contribution in [0.4, 0.5) is 0 Å². The summed E-state index contributed by atoms with van der Waals surface area (Å²) in [5.74, 6) is -0.279. The summed E-state index contributed by atoms with van der Waals surface area (Å²) in [4.78, 5) is 28.1. The topological polar surface area (TPSA) is 79.8 Å². The van der Waals surface area contributed by atoms with Crippen LogP contribution in [-0.2, 0) is 17.8 Å². The van der Waals surface area contributed by atoms with Crippen LogP contribution in [0.3, 0.4) is 0 Å². The van der Waals surface area contributed by atoms with Crippen LogP contribution in [0.15, 0.2) is 47.1 Å². The van der Waals surface area contributed by atoms with Gasteiger partial charge in [-0.05, 0) is 24.5 Å². The molecule has 0 atom stereocenters. The summed E-state index contributed by atoms with van der Waals surface area (Å²) < 4.78 is 5.26. The van der Waals surface area contributed by atoms with E-state index in [0.717, 1.165) is 32.5 Å². The van der Waals surface area contributed by atoms with Gasteiger partial charge in [0.2, 0.25) is 5.91 Å². The van der Waals surface area contributed by atoms with E-state index in [4.69, 9.17) is 10.2 Å². The number of nitrogens with two attached hydrogens (primary N) is 1. The number of carbonyl (C=O) groups excluding carboxylic acids is 2. The van der Waals surface area contributed by atoms with E-state index >= 15 is 0 Å². The van der Waals surface area contributed by atoms with Crippen LogP contribution in [-0.4, -0.2) is 47.8 Å². The van der Waals surface area contributed by atoms with Crippen molar-refractivity contribution in [2.75, 3.05) is 20.1 Å². The highest BCUT2D eigenvalue weighted by Gasteiger charge is 2.28. The van der Waals surface area contributed by atoms with Gasteiger partial charge in [-0.3, -0.25) is 14.5 Å². The van der Waals surface area contributed by atoms with Crippen LogP contribution in [0.25, 0.3) is 0 Å². The second kappa shape index (κ2) is 8.19. The largest absolute Gasteiger partial charge is 0.468 e. The summed E-state index contributed by atoms with van der Waals surface area (Å²) in [5.41, 5.74) is 6.96. The van der Waals surface area contributed by atoms with Gasteiger partial charge in [0.05, 0.1) is 18.2 Å². The molecule has 0 bridgehead atoms. The van der Waals surface area contributed by atoms with E-state index < -0.39 is 5.91 Å². The molecule has 2 N–H and O–H groups in total. The zero-order valence-electron chi connectivity index (χ0n) is 15.1. The molecule has 1 saturated heterocycles. The van der Waals surface area contributed by atoms with Gasteiger partial charge < -0.3 is 15.1 Å². The molecule has 1 aromatic heterocycles. The smallest absolute Gasteiger partial charge is 0.257 e. The molecule has 138 valence electrons. The Hall–Kier alpha value is -2.60. The van der Waals surface area contributed by atoms with Crippen molar-refractivity contribution in [2.45, 2.75) is 31.8 Å². The van der Waals surface area contributed by atoms with Gasteiger partial charge in [-0.1, -0.05) is 30.3 Å². The van der Waals surface area contributed by atoms with Crippen molar-refractivity contribution >= 4 is 11.8 Å². The Morgan fingerprint density at radius 1 is 1.19 bits per heavy atom. The highest BCUT2D eigenvalue weighted by atomic mass is 16.3.